The second-order valence-corrected chi connectivity index (χ2v) is 4.35. The predicted molar refractivity (Wildman–Crippen MR) is 57.8 cm³/mol. The normalized spacial score (nSPS) is 13.7. The number of aryl methyl sites for hydroxylation is 1. The molecule has 0 spiro atoms. The molecule has 0 fully saturated rings. The molecule has 1 aromatic rings. The Kier molecular flexibility index (Phi) is 3.56. The van der Waals surface area contributed by atoms with E-state index < -0.39 is 0 Å². The van der Waals surface area contributed by atoms with Crippen LogP contribution in [0, 0.1) is 12.8 Å². The van der Waals surface area contributed by atoms with Crippen LogP contribution >= 0.6 is 15.9 Å². The molecule has 1 atom stereocenters. The summed E-state index contributed by atoms with van der Waals surface area (Å²) in [5, 5.41) is 3.29. The summed E-state index contributed by atoms with van der Waals surface area (Å²) in [6, 6.07) is 2.41. The Balaban J connectivity index is 2.97. The molecule has 1 unspecified atom stereocenters. The summed E-state index contributed by atoms with van der Waals surface area (Å²) < 4.78 is 6.23. The minimum Gasteiger partial charge on any atom is -0.454 e. The number of nitrogens with one attached hydrogen (secondary N) is 1. The number of hydrogen-bond acceptors (Lipinski definition) is 2. The van der Waals surface area contributed by atoms with Crippen molar-refractivity contribution in [3.8, 4) is 0 Å². The van der Waals surface area contributed by atoms with E-state index in [-0.39, 0.29) is 0 Å². The zero-order chi connectivity index (χ0) is 10.0. The molecule has 0 saturated carbocycles. The highest BCUT2D eigenvalue weighted by Gasteiger charge is 2.18. The van der Waals surface area contributed by atoms with Crippen molar-refractivity contribution in [1.29, 1.82) is 0 Å². The van der Waals surface area contributed by atoms with Crippen LogP contribution in [0.1, 0.15) is 31.2 Å². The molecule has 0 radical (unpaired) electrons. The monoisotopic (exact) mass is 245 g/mol. The van der Waals surface area contributed by atoms with Gasteiger partial charge in [-0.2, -0.15) is 0 Å². The fraction of sp³-hybridized carbons (Fsp3) is 0.600. The third kappa shape index (κ3) is 2.35. The standard InChI is InChI=1S/C10H16BrNO/c1-6(2)10(12-4)8-5-9(11)13-7(8)3/h5-6,10,12H,1-4H3. The fourth-order valence-corrected chi connectivity index (χ4v) is 2.10. The van der Waals surface area contributed by atoms with E-state index in [0.29, 0.717) is 12.0 Å². The van der Waals surface area contributed by atoms with Crippen molar-refractivity contribution in [1.82, 2.24) is 5.32 Å². The highest BCUT2D eigenvalue weighted by molar-refractivity contribution is 9.10. The molecule has 0 saturated heterocycles. The van der Waals surface area contributed by atoms with Gasteiger partial charge in [0, 0.05) is 11.6 Å². The molecule has 2 nitrogen and oxygen atoms in total. The van der Waals surface area contributed by atoms with E-state index in [1.54, 1.807) is 0 Å². The summed E-state index contributed by atoms with van der Waals surface area (Å²) >= 11 is 3.34. The summed E-state index contributed by atoms with van der Waals surface area (Å²) in [4.78, 5) is 0. The van der Waals surface area contributed by atoms with E-state index in [1.165, 1.54) is 5.56 Å². The molecule has 0 amide bonds. The van der Waals surface area contributed by atoms with Gasteiger partial charge in [0.05, 0.1) is 0 Å². The number of rotatable bonds is 3. The van der Waals surface area contributed by atoms with E-state index >= 15 is 0 Å². The molecule has 0 bridgehead atoms. The molecule has 3 heteroatoms. The number of halogens is 1. The highest BCUT2D eigenvalue weighted by atomic mass is 79.9. The molecule has 13 heavy (non-hydrogen) atoms. The van der Waals surface area contributed by atoms with Gasteiger partial charge < -0.3 is 9.73 Å². The van der Waals surface area contributed by atoms with Gasteiger partial charge in [0.25, 0.3) is 0 Å². The lowest BCUT2D eigenvalue weighted by atomic mass is 9.97. The number of furan rings is 1. The Morgan fingerprint density at radius 2 is 2.08 bits per heavy atom. The van der Waals surface area contributed by atoms with Crippen molar-refractivity contribution in [3.05, 3.63) is 22.1 Å². The topological polar surface area (TPSA) is 25.2 Å². The SMILES string of the molecule is CNC(c1cc(Br)oc1C)C(C)C. The van der Waals surface area contributed by atoms with Crippen LogP contribution in [-0.2, 0) is 0 Å². The Labute approximate surface area is 87.8 Å². The van der Waals surface area contributed by atoms with Crippen LogP contribution in [0.5, 0.6) is 0 Å². The van der Waals surface area contributed by atoms with Gasteiger partial charge in [0.1, 0.15) is 5.76 Å². The Morgan fingerprint density at radius 3 is 2.38 bits per heavy atom. The van der Waals surface area contributed by atoms with Crippen molar-refractivity contribution in [2.24, 2.45) is 5.92 Å². The largest absolute Gasteiger partial charge is 0.454 e. The summed E-state index contributed by atoms with van der Waals surface area (Å²) in [5.74, 6) is 1.55. The van der Waals surface area contributed by atoms with Gasteiger partial charge >= 0.3 is 0 Å². The van der Waals surface area contributed by atoms with Crippen LogP contribution in [0.2, 0.25) is 0 Å². The summed E-state index contributed by atoms with van der Waals surface area (Å²) in [5.41, 5.74) is 1.24. The summed E-state index contributed by atoms with van der Waals surface area (Å²) in [6.07, 6.45) is 0. The van der Waals surface area contributed by atoms with Gasteiger partial charge in [-0.3, -0.25) is 0 Å². The van der Waals surface area contributed by atoms with Crippen LogP contribution in [-0.4, -0.2) is 7.05 Å². The van der Waals surface area contributed by atoms with Crippen LogP contribution < -0.4 is 5.32 Å². The molecule has 1 rings (SSSR count). The molecule has 74 valence electrons. The second kappa shape index (κ2) is 4.29. The van der Waals surface area contributed by atoms with Gasteiger partial charge in [-0.1, -0.05) is 13.8 Å². The van der Waals surface area contributed by atoms with E-state index in [4.69, 9.17) is 4.42 Å². The molecule has 0 aliphatic carbocycles. The maximum absolute atomic E-state index is 5.42. The van der Waals surface area contributed by atoms with E-state index in [2.05, 4.69) is 35.1 Å². The first-order valence-electron chi connectivity index (χ1n) is 4.49. The average Bonchev–Trinajstić information content (AvgIpc) is 2.31. The van der Waals surface area contributed by atoms with E-state index in [0.717, 1.165) is 10.4 Å². The molecule has 1 N–H and O–H groups in total. The summed E-state index contributed by atoms with van der Waals surface area (Å²) in [6.45, 7) is 6.38. The van der Waals surface area contributed by atoms with Crippen LogP contribution in [0.15, 0.2) is 15.2 Å². The lowest BCUT2D eigenvalue weighted by molar-refractivity contribution is 0.428. The Morgan fingerprint density at radius 1 is 1.46 bits per heavy atom. The molecular formula is C10H16BrNO. The fourth-order valence-electron chi connectivity index (χ4n) is 1.62. The quantitative estimate of drug-likeness (QED) is 0.885. The first kappa shape index (κ1) is 10.8. The third-order valence-corrected chi connectivity index (χ3v) is 2.63. The summed E-state index contributed by atoms with van der Waals surface area (Å²) in [7, 11) is 1.98. The Hall–Kier alpha value is -0.280. The molecular weight excluding hydrogens is 230 g/mol. The lowest BCUT2D eigenvalue weighted by Crippen LogP contribution is -2.21. The smallest absolute Gasteiger partial charge is 0.169 e. The average molecular weight is 246 g/mol. The third-order valence-electron chi connectivity index (χ3n) is 2.24. The van der Waals surface area contributed by atoms with Crippen molar-refractivity contribution in [2.75, 3.05) is 7.05 Å². The first-order chi connectivity index (χ1) is 6.06. The number of hydrogen-bond donors (Lipinski definition) is 1. The van der Waals surface area contributed by atoms with E-state index in [1.807, 2.05) is 20.0 Å². The van der Waals surface area contributed by atoms with Crippen LogP contribution in [0.3, 0.4) is 0 Å². The Bertz CT molecular complexity index is 280. The maximum Gasteiger partial charge on any atom is 0.169 e. The predicted octanol–water partition coefficient (Wildman–Crippen LogP) is 3.27. The van der Waals surface area contributed by atoms with Gasteiger partial charge in [0.15, 0.2) is 4.67 Å². The van der Waals surface area contributed by atoms with Crippen molar-refractivity contribution in [2.45, 2.75) is 26.8 Å². The minimum absolute atomic E-state index is 0.370. The molecule has 1 aromatic heterocycles. The molecule has 1 heterocycles. The lowest BCUT2D eigenvalue weighted by Gasteiger charge is -2.19. The van der Waals surface area contributed by atoms with Crippen LogP contribution in [0.4, 0.5) is 0 Å². The van der Waals surface area contributed by atoms with Gasteiger partial charge in [-0.25, -0.2) is 0 Å². The first-order valence-corrected chi connectivity index (χ1v) is 5.28. The van der Waals surface area contributed by atoms with Crippen molar-refractivity contribution >= 4 is 15.9 Å². The zero-order valence-corrected chi connectivity index (χ0v) is 10.1. The zero-order valence-electron chi connectivity index (χ0n) is 8.52. The molecule has 0 aliphatic rings. The van der Waals surface area contributed by atoms with Gasteiger partial charge in [-0.15, -0.1) is 0 Å². The van der Waals surface area contributed by atoms with Crippen molar-refractivity contribution in [3.63, 3.8) is 0 Å². The highest BCUT2D eigenvalue weighted by Crippen LogP contribution is 2.29. The maximum atomic E-state index is 5.42. The minimum atomic E-state index is 0.370. The van der Waals surface area contributed by atoms with Crippen LogP contribution in [0.25, 0.3) is 0 Å². The van der Waals surface area contributed by atoms with Gasteiger partial charge in [-0.05, 0) is 41.9 Å². The van der Waals surface area contributed by atoms with Crippen molar-refractivity contribution < 1.29 is 4.42 Å². The second-order valence-electron chi connectivity index (χ2n) is 3.57. The molecule has 0 aromatic carbocycles. The van der Waals surface area contributed by atoms with E-state index in [9.17, 15) is 0 Å². The molecule has 0 aliphatic heterocycles. The van der Waals surface area contributed by atoms with Gasteiger partial charge in [0.2, 0.25) is 0 Å².